The highest BCUT2D eigenvalue weighted by Gasteiger charge is 2.08. The Morgan fingerprint density at radius 3 is 2.89 bits per heavy atom. The Bertz CT molecular complexity index is 587. The Balaban J connectivity index is 2.03. The van der Waals surface area contributed by atoms with Crippen molar-refractivity contribution < 1.29 is 9.53 Å². The molecule has 1 aromatic heterocycles. The monoisotopic (exact) mass is 276 g/mol. The van der Waals surface area contributed by atoms with Gasteiger partial charge in [0, 0.05) is 17.8 Å². The van der Waals surface area contributed by atoms with Crippen LogP contribution < -0.4 is 10.1 Å². The van der Waals surface area contributed by atoms with Crippen molar-refractivity contribution in [1.82, 2.24) is 10.3 Å². The third-order valence-corrected chi connectivity index (χ3v) is 2.98. The number of nitrogens with zero attached hydrogens (tertiary/aromatic N) is 1. The number of aromatic nitrogens is 1. The summed E-state index contributed by atoms with van der Waals surface area (Å²) in [5.41, 5.74) is 1.32. The lowest BCUT2D eigenvalue weighted by atomic mass is 10.2. The van der Waals surface area contributed by atoms with Crippen LogP contribution in [0.1, 0.15) is 15.9 Å². The number of halogens is 1. The predicted octanol–water partition coefficient (Wildman–Crippen LogP) is 2.67. The van der Waals surface area contributed by atoms with Crippen LogP contribution in [0.5, 0.6) is 5.75 Å². The second-order valence-electron chi connectivity index (χ2n) is 3.89. The molecule has 5 heteroatoms. The van der Waals surface area contributed by atoms with E-state index in [1.807, 2.05) is 18.2 Å². The SMILES string of the molecule is COc1cncc(C(=O)NCc2ccccc2Cl)c1. The molecule has 19 heavy (non-hydrogen) atoms. The molecule has 0 aliphatic carbocycles. The zero-order chi connectivity index (χ0) is 13.7. The molecule has 98 valence electrons. The number of carbonyl (C=O) groups is 1. The molecule has 0 atom stereocenters. The number of carbonyl (C=O) groups excluding carboxylic acids is 1. The number of hydrogen-bond acceptors (Lipinski definition) is 3. The second kappa shape index (κ2) is 6.20. The van der Waals surface area contributed by atoms with E-state index < -0.39 is 0 Å². The summed E-state index contributed by atoms with van der Waals surface area (Å²) in [5.74, 6) is 0.330. The molecule has 0 spiro atoms. The van der Waals surface area contributed by atoms with Crippen molar-refractivity contribution in [2.24, 2.45) is 0 Å². The summed E-state index contributed by atoms with van der Waals surface area (Å²) in [4.78, 5) is 15.9. The van der Waals surface area contributed by atoms with E-state index in [4.69, 9.17) is 16.3 Å². The molecule has 4 nitrogen and oxygen atoms in total. The number of rotatable bonds is 4. The van der Waals surface area contributed by atoms with Crippen molar-refractivity contribution in [2.45, 2.75) is 6.54 Å². The number of amides is 1. The molecule has 1 amide bonds. The van der Waals surface area contributed by atoms with Crippen LogP contribution >= 0.6 is 11.6 Å². The van der Waals surface area contributed by atoms with Crippen LogP contribution in [-0.4, -0.2) is 18.0 Å². The zero-order valence-corrected chi connectivity index (χ0v) is 11.1. The lowest BCUT2D eigenvalue weighted by Crippen LogP contribution is -2.23. The minimum absolute atomic E-state index is 0.216. The van der Waals surface area contributed by atoms with Crippen molar-refractivity contribution in [3.05, 3.63) is 58.9 Å². The molecule has 0 saturated carbocycles. The van der Waals surface area contributed by atoms with E-state index in [9.17, 15) is 4.79 Å². The molecule has 1 N–H and O–H groups in total. The topological polar surface area (TPSA) is 51.2 Å². The summed E-state index contributed by atoms with van der Waals surface area (Å²) in [6, 6.07) is 9.01. The van der Waals surface area contributed by atoms with Gasteiger partial charge in [-0.15, -0.1) is 0 Å². The number of pyridine rings is 1. The standard InChI is InChI=1S/C14H13ClN2O2/c1-19-12-6-11(7-16-9-12)14(18)17-8-10-4-2-3-5-13(10)15/h2-7,9H,8H2,1H3,(H,17,18). The van der Waals surface area contributed by atoms with Crippen LogP contribution in [0.4, 0.5) is 0 Å². The molecular weight excluding hydrogens is 264 g/mol. The van der Waals surface area contributed by atoms with Gasteiger partial charge in [0.2, 0.25) is 0 Å². The Hall–Kier alpha value is -2.07. The molecular formula is C14H13ClN2O2. The van der Waals surface area contributed by atoms with E-state index in [1.165, 1.54) is 13.3 Å². The lowest BCUT2D eigenvalue weighted by molar-refractivity contribution is 0.0950. The number of methoxy groups -OCH3 is 1. The van der Waals surface area contributed by atoms with Crippen LogP contribution in [0.3, 0.4) is 0 Å². The van der Waals surface area contributed by atoms with Crippen LogP contribution in [0.15, 0.2) is 42.7 Å². The minimum Gasteiger partial charge on any atom is -0.495 e. The Labute approximate surface area is 116 Å². The molecule has 0 saturated heterocycles. The summed E-state index contributed by atoms with van der Waals surface area (Å²) in [6.07, 6.45) is 3.04. The maximum absolute atomic E-state index is 11.9. The fourth-order valence-electron chi connectivity index (χ4n) is 1.57. The average molecular weight is 277 g/mol. The van der Waals surface area contributed by atoms with Gasteiger partial charge in [-0.3, -0.25) is 9.78 Å². The first-order chi connectivity index (χ1) is 9.20. The molecule has 0 fully saturated rings. The first-order valence-corrected chi connectivity index (χ1v) is 6.09. The lowest BCUT2D eigenvalue weighted by Gasteiger charge is -2.07. The minimum atomic E-state index is -0.216. The van der Waals surface area contributed by atoms with Crippen molar-refractivity contribution in [3.63, 3.8) is 0 Å². The molecule has 0 bridgehead atoms. The zero-order valence-electron chi connectivity index (χ0n) is 10.4. The maximum atomic E-state index is 11.9. The third-order valence-electron chi connectivity index (χ3n) is 2.61. The Kier molecular flexibility index (Phi) is 4.36. The summed E-state index contributed by atoms with van der Waals surface area (Å²) >= 11 is 6.02. The summed E-state index contributed by atoms with van der Waals surface area (Å²) in [5, 5.41) is 3.42. The third kappa shape index (κ3) is 3.45. The van der Waals surface area contributed by atoms with Gasteiger partial charge >= 0.3 is 0 Å². The highest BCUT2D eigenvalue weighted by molar-refractivity contribution is 6.31. The first kappa shape index (κ1) is 13.4. The first-order valence-electron chi connectivity index (χ1n) is 5.71. The van der Waals surface area contributed by atoms with Gasteiger partial charge in [-0.25, -0.2) is 0 Å². The number of benzene rings is 1. The van der Waals surface area contributed by atoms with E-state index in [-0.39, 0.29) is 5.91 Å². The van der Waals surface area contributed by atoms with Gasteiger partial charge < -0.3 is 10.1 Å². The summed E-state index contributed by atoms with van der Waals surface area (Å²) in [6.45, 7) is 0.371. The molecule has 0 aliphatic rings. The van der Waals surface area contributed by atoms with Gasteiger partial charge in [-0.1, -0.05) is 29.8 Å². The Morgan fingerprint density at radius 1 is 1.37 bits per heavy atom. The molecule has 2 rings (SSSR count). The van der Waals surface area contributed by atoms with Gasteiger partial charge in [-0.05, 0) is 17.7 Å². The second-order valence-corrected chi connectivity index (χ2v) is 4.29. The van der Waals surface area contributed by atoms with Gasteiger partial charge in [-0.2, -0.15) is 0 Å². The average Bonchev–Trinajstić information content (AvgIpc) is 2.46. The molecule has 1 heterocycles. The fraction of sp³-hybridized carbons (Fsp3) is 0.143. The van der Waals surface area contributed by atoms with E-state index in [0.29, 0.717) is 22.9 Å². The van der Waals surface area contributed by atoms with Crippen molar-refractivity contribution >= 4 is 17.5 Å². The van der Waals surface area contributed by atoms with Crippen molar-refractivity contribution in [1.29, 1.82) is 0 Å². The van der Waals surface area contributed by atoms with Gasteiger partial charge in [0.05, 0.1) is 18.9 Å². The fourth-order valence-corrected chi connectivity index (χ4v) is 1.78. The van der Waals surface area contributed by atoms with Crippen molar-refractivity contribution in [3.8, 4) is 5.75 Å². The van der Waals surface area contributed by atoms with Crippen LogP contribution in [0.2, 0.25) is 5.02 Å². The normalized spacial score (nSPS) is 10.0. The van der Waals surface area contributed by atoms with E-state index in [0.717, 1.165) is 5.56 Å². The molecule has 0 aliphatic heterocycles. The molecule has 2 aromatic rings. The van der Waals surface area contributed by atoms with Gasteiger partial charge in [0.25, 0.3) is 5.91 Å². The number of nitrogens with one attached hydrogen (secondary N) is 1. The number of ether oxygens (including phenoxy) is 1. The smallest absolute Gasteiger partial charge is 0.253 e. The van der Waals surface area contributed by atoms with Crippen molar-refractivity contribution in [2.75, 3.05) is 7.11 Å². The van der Waals surface area contributed by atoms with Crippen LogP contribution in [0, 0.1) is 0 Å². The largest absolute Gasteiger partial charge is 0.495 e. The highest BCUT2D eigenvalue weighted by atomic mass is 35.5. The highest BCUT2D eigenvalue weighted by Crippen LogP contribution is 2.15. The van der Waals surface area contributed by atoms with Crippen LogP contribution in [-0.2, 0) is 6.54 Å². The Morgan fingerprint density at radius 2 is 2.16 bits per heavy atom. The molecule has 0 radical (unpaired) electrons. The summed E-state index contributed by atoms with van der Waals surface area (Å²) in [7, 11) is 1.53. The molecule has 1 aromatic carbocycles. The van der Waals surface area contributed by atoms with Gasteiger partial charge in [0.15, 0.2) is 0 Å². The van der Waals surface area contributed by atoms with Gasteiger partial charge in [0.1, 0.15) is 5.75 Å². The van der Waals surface area contributed by atoms with E-state index in [2.05, 4.69) is 10.3 Å². The maximum Gasteiger partial charge on any atom is 0.253 e. The predicted molar refractivity (Wildman–Crippen MR) is 73.4 cm³/mol. The van der Waals surface area contributed by atoms with Crippen LogP contribution in [0.25, 0.3) is 0 Å². The quantitative estimate of drug-likeness (QED) is 0.934. The molecule has 0 unspecified atom stereocenters. The van der Waals surface area contributed by atoms with E-state index >= 15 is 0 Å². The summed E-state index contributed by atoms with van der Waals surface area (Å²) < 4.78 is 5.02. The number of hydrogen-bond donors (Lipinski definition) is 1. The van der Waals surface area contributed by atoms with E-state index in [1.54, 1.807) is 18.3 Å².